The molecule has 2 heterocycles. The molecule has 1 aromatic carbocycles. The van der Waals surface area contributed by atoms with Crippen LogP contribution in [0.4, 0.5) is 5.13 Å². The van der Waals surface area contributed by atoms with Gasteiger partial charge in [-0.1, -0.05) is 17.7 Å². The van der Waals surface area contributed by atoms with Gasteiger partial charge in [0.15, 0.2) is 10.9 Å². The van der Waals surface area contributed by atoms with Crippen LogP contribution in [-0.2, 0) is 6.61 Å². The fourth-order valence-corrected chi connectivity index (χ4v) is 2.92. The molecule has 124 valence electrons. The summed E-state index contributed by atoms with van der Waals surface area (Å²) in [5, 5.41) is 3.27. The molecule has 0 radical (unpaired) electrons. The largest absolute Gasteiger partial charge is 0.485 e. The molecule has 0 saturated heterocycles. The van der Waals surface area contributed by atoms with Crippen LogP contribution in [-0.4, -0.2) is 10.9 Å². The summed E-state index contributed by atoms with van der Waals surface area (Å²) >= 11 is 1.42. The number of aryl methyl sites for hydroxylation is 3. The molecule has 2 aromatic heterocycles. The molecule has 0 atom stereocenters. The van der Waals surface area contributed by atoms with Crippen LogP contribution in [0.1, 0.15) is 32.3 Å². The summed E-state index contributed by atoms with van der Waals surface area (Å²) in [5.41, 5.74) is 2.26. The van der Waals surface area contributed by atoms with Gasteiger partial charge in [-0.15, -0.1) is 11.3 Å². The van der Waals surface area contributed by atoms with E-state index in [-0.39, 0.29) is 18.3 Å². The lowest BCUT2D eigenvalue weighted by molar-refractivity contribution is 0.0992. The Morgan fingerprint density at radius 2 is 2.08 bits per heavy atom. The predicted molar refractivity (Wildman–Crippen MR) is 93.8 cm³/mol. The molecule has 0 saturated carbocycles. The summed E-state index contributed by atoms with van der Waals surface area (Å²) in [6.45, 7) is 6.24. The first-order chi connectivity index (χ1) is 11.5. The van der Waals surface area contributed by atoms with Gasteiger partial charge in [-0.3, -0.25) is 10.1 Å². The molecule has 1 amide bonds. The fraction of sp³-hybridized carbons (Fsp3) is 0.222. The highest BCUT2D eigenvalue weighted by Gasteiger charge is 2.13. The maximum Gasteiger partial charge on any atom is 0.293 e. The van der Waals surface area contributed by atoms with Crippen LogP contribution in [0.5, 0.6) is 5.75 Å². The first-order valence-corrected chi connectivity index (χ1v) is 8.35. The molecule has 1 N–H and O–H groups in total. The van der Waals surface area contributed by atoms with Gasteiger partial charge in [0.2, 0.25) is 0 Å². The third-order valence-corrected chi connectivity index (χ3v) is 4.26. The second kappa shape index (κ2) is 6.88. The number of carbonyl (C=O) groups is 1. The van der Waals surface area contributed by atoms with E-state index < -0.39 is 0 Å². The predicted octanol–water partition coefficient (Wildman–Crippen LogP) is 4.49. The van der Waals surface area contributed by atoms with Crippen LogP contribution >= 0.6 is 11.3 Å². The van der Waals surface area contributed by atoms with E-state index in [0.717, 1.165) is 16.2 Å². The summed E-state index contributed by atoms with van der Waals surface area (Å²) in [5.74, 6) is 1.32. The van der Waals surface area contributed by atoms with Crippen LogP contribution in [0, 0.1) is 20.8 Å². The summed E-state index contributed by atoms with van der Waals surface area (Å²) in [6.07, 6.45) is 1.71. The quantitative estimate of drug-likeness (QED) is 0.742. The lowest BCUT2D eigenvalue weighted by Gasteiger charge is -2.08. The molecule has 0 aliphatic heterocycles. The average Bonchev–Trinajstić information content (AvgIpc) is 3.15. The van der Waals surface area contributed by atoms with Crippen molar-refractivity contribution in [3.05, 3.63) is 64.1 Å². The maximum absolute atomic E-state index is 12.1. The van der Waals surface area contributed by atoms with Crippen molar-refractivity contribution < 1.29 is 13.9 Å². The Bertz CT molecular complexity index is 867. The van der Waals surface area contributed by atoms with Crippen LogP contribution in [0.25, 0.3) is 0 Å². The summed E-state index contributed by atoms with van der Waals surface area (Å²) in [6, 6.07) is 9.37. The smallest absolute Gasteiger partial charge is 0.293 e. The Balaban J connectivity index is 1.61. The molecule has 0 unspecified atom stereocenters. The van der Waals surface area contributed by atoms with Gasteiger partial charge in [0.1, 0.15) is 18.1 Å². The number of hydrogen-bond acceptors (Lipinski definition) is 5. The highest BCUT2D eigenvalue weighted by atomic mass is 32.1. The van der Waals surface area contributed by atoms with E-state index in [9.17, 15) is 4.79 Å². The minimum absolute atomic E-state index is 0.238. The van der Waals surface area contributed by atoms with Crippen LogP contribution in [0.3, 0.4) is 0 Å². The first kappa shape index (κ1) is 16.3. The van der Waals surface area contributed by atoms with Gasteiger partial charge in [-0.2, -0.15) is 0 Å². The number of nitrogens with one attached hydrogen (secondary N) is 1. The number of anilines is 1. The topological polar surface area (TPSA) is 64.4 Å². The number of nitrogens with zero attached hydrogens (tertiary/aromatic N) is 1. The number of ether oxygens (including phenoxy) is 1. The van der Waals surface area contributed by atoms with Gasteiger partial charge in [-0.05, 0) is 44.5 Å². The Hall–Kier alpha value is -2.60. The van der Waals surface area contributed by atoms with Crippen molar-refractivity contribution in [3.8, 4) is 5.75 Å². The van der Waals surface area contributed by atoms with Crippen molar-refractivity contribution >= 4 is 22.4 Å². The zero-order valence-electron chi connectivity index (χ0n) is 13.8. The molecule has 0 aliphatic carbocycles. The van der Waals surface area contributed by atoms with Crippen molar-refractivity contribution in [2.45, 2.75) is 27.4 Å². The van der Waals surface area contributed by atoms with E-state index in [1.807, 2.05) is 32.9 Å². The van der Waals surface area contributed by atoms with Crippen LogP contribution in [0.2, 0.25) is 0 Å². The van der Waals surface area contributed by atoms with E-state index in [2.05, 4.69) is 16.4 Å². The van der Waals surface area contributed by atoms with Gasteiger partial charge in [0, 0.05) is 11.1 Å². The Kier molecular flexibility index (Phi) is 4.66. The van der Waals surface area contributed by atoms with Gasteiger partial charge >= 0.3 is 0 Å². The Morgan fingerprint density at radius 3 is 2.79 bits per heavy atom. The third kappa shape index (κ3) is 3.83. The second-order valence-electron chi connectivity index (χ2n) is 5.55. The normalized spacial score (nSPS) is 10.6. The molecular formula is C18H18N2O3S. The van der Waals surface area contributed by atoms with Gasteiger partial charge in [0.05, 0.1) is 0 Å². The molecule has 3 rings (SSSR count). The van der Waals surface area contributed by atoms with E-state index in [1.165, 1.54) is 16.9 Å². The highest BCUT2D eigenvalue weighted by molar-refractivity contribution is 7.15. The minimum Gasteiger partial charge on any atom is -0.485 e. The number of thiazole rings is 1. The van der Waals surface area contributed by atoms with Crippen LogP contribution < -0.4 is 10.1 Å². The summed E-state index contributed by atoms with van der Waals surface area (Å²) in [7, 11) is 0. The molecule has 3 aromatic rings. The van der Waals surface area contributed by atoms with Crippen molar-refractivity contribution in [3.63, 3.8) is 0 Å². The van der Waals surface area contributed by atoms with Gasteiger partial charge in [0.25, 0.3) is 5.91 Å². The summed E-state index contributed by atoms with van der Waals surface area (Å²) < 4.78 is 11.3. The number of hydrogen-bond donors (Lipinski definition) is 1. The lowest BCUT2D eigenvalue weighted by Crippen LogP contribution is -2.10. The molecule has 0 fully saturated rings. The van der Waals surface area contributed by atoms with Crippen molar-refractivity contribution in [1.82, 2.24) is 4.98 Å². The van der Waals surface area contributed by atoms with Crippen molar-refractivity contribution in [2.24, 2.45) is 0 Å². The van der Waals surface area contributed by atoms with Crippen LogP contribution in [0.15, 0.2) is 40.9 Å². The maximum atomic E-state index is 12.1. The number of aromatic nitrogens is 1. The zero-order chi connectivity index (χ0) is 17.1. The monoisotopic (exact) mass is 342 g/mol. The molecule has 6 heteroatoms. The first-order valence-electron chi connectivity index (χ1n) is 7.54. The molecule has 5 nitrogen and oxygen atoms in total. The third-order valence-electron chi connectivity index (χ3n) is 3.43. The number of rotatable bonds is 5. The lowest BCUT2D eigenvalue weighted by atomic mass is 10.1. The second-order valence-corrected chi connectivity index (χ2v) is 6.79. The van der Waals surface area contributed by atoms with Crippen molar-refractivity contribution in [2.75, 3.05) is 5.32 Å². The number of benzene rings is 1. The number of amides is 1. The summed E-state index contributed by atoms with van der Waals surface area (Å²) in [4.78, 5) is 17.3. The van der Waals surface area contributed by atoms with E-state index in [1.54, 1.807) is 18.3 Å². The molecular weight excluding hydrogens is 324 g/mol. The SMILES string of the molecule is Cc1ccc(OCc2ccc(C(=O)Nc3ncc(C)s3)o2)c(C)c1. The van der Waals surface area contributed by atoms with E-state index >= 15 is 0 Å². The minimum atomic E-state index is -0.317. The average molecular weight is 342 g/mol. The molecule has 24 heavy (non-hydrogen) atoms. The fourth-order valence-electron chi connectivity index (χ4n) is 2.26. The van der Waals surface area contributed by atoms with Gasteiger partial charge < -0.3 is 9.15 Å². The molecule has 0 spiro atoms. The molecule has 0 aliphatic rings. The Morgan fingerprint density at radius 1 is 1.25 bits per heavy atom. The van der Waals surface area contributed by atoms with Gasteiger partial charge in [-0.25, -0.2) is 4.98 Å². The Labute approximate surface area is 144 Å². The number of furan rings is 1. The highest BCUT2D eigenvalue weighted by Crippen LogP contribution is 2.21. The van der Waals surface area contributed by atoms with Crippen molar-refractivity contribution in [1.29, 1.82) is 0 Å². The zero-order valence-corrected chi connectivity index (χ0v) is 14.6. The van der Waals surface area contributed by atoms with E-state index in [0.29, 0.717) is 10.9 Å². The number of carbonyl (C=O) groups excluding carboxylic acids is 1. The standard InChI is InChI=1S/C18H18N2O3S/c1-11-4-6-15(12(2)8-11)22-10-14-5-7-16(23-14)17(21)20-18-19-9-13(3)24-18/h4-9H,10H2,1-3H3,(H,19,20,21). The molecule has 0 bridgehead atoms. The van der Waals surface area contributed by atoms with E-state index in [4.69, 9.17) is 9.15 Å².